The van der Waals surface area contributed by atoms with Gasteiger partial charge < -0.3 is 10.6 Å². The summed E-state index contributed by atoms with van der Waals surface area (Å²) in [7, 11) is 0. The number of hydrogen-bond acceptors (Lipinski definition) is 2. The van der Waals surface area contributed by atoms with Gasteiger partial charge in [-0.25, -0.2) is 0 Å². The van der Waals surface area contributed by atoms with Crippen molar-refractivity contribution in [2.75, 3.05) is 13.1 Å². The number of rotatable bonds is 5. The second-order valence-electron chi connectivity index (χ2n) is 4.36. The molecule has 0 saturated carbocycles. The van der Waals surface area contributed by atoms with Crippen molar-refractivity contribution in [3.8, 4) is 0 Å². The first-order valence-corrected chi connectivity index (χ1v) is 5.92. The number of amides is 1. The molecule has 1 unspecified atom stereocenters. The first-order valence-electron chi connectivity index (χ1n) is 5.92. The van der Waals surface area contributed by atoms with Crippen LogP contribution in [0.5, 0.6) is 0 Å². The van der Waals surface area contributed by atoms with Crippen LogP contribution in [0.2, 0.25) is 0 Å². The Balaban J connectivity index is 2.43. The lowest BCUT2D eigenvalue weighted by atomic mass is 10.0. The first kappa shape index (κ1) is 15.5. The van der Waals surface area contributed by atoms with E-state index in [4.69, 9.17) is 0 Å². The molecule has 0 aromatic heterocycles. The Morgan fingerprint density at radius 3 is 2.53 bits per heavy atom. The molecule has 106 valence electrons. The van der Waals surface area contributed by atoms with E-state index in [-0.39, 0.29) is 12.6 Å². The van der Waals surface area contributed by atoms with E-state index in [2.05, 4.69) is 10.6 Å². The van der Waals surface area contributed by atoms with Crippen LogP contribution in [-0.4, -0.2) is 25.2 Å². The second-order valence-corrected chi connectivity index (χ2v) is 4.36. The molecule has 0 aliphatic rings. The molecule has 2 N–H and O–H groups in total. The van der Waals surface area contributed by atoms with Gasteiger partial charge in [0.2, 0.25) is 5.91 Å². The summed E-state index contributed by atoms with van der Waals surface area (Å²) < 4.78 is 35.7. The highest BCUT2D eigenvalue weighted by Crippen LogP contribution is 2.16. The largest absolute Gasteiger partial charge is 0.401 e. The summed E-state index contributed by atoms with van der Waals surface area (Å²) in [4.78, 5) is 11.5. The van der Waals surface area contributed by atoms with E-state index < -0.39 is 18.6 Å². The fraction of sp³-hybridized carbons (Fsp3) is 0.462. The van der Waals surface area contributed by atoms with Crippen LogP contribution < -0.4 is 10.6 Å². The van der Waals surface area contributed by atoms with Crippen molar-refractivity contribution in [1.29, 1.82) is 0 Å². The van der Waals surface area contributed by atoms with Gasteiger partial charge in [-0.2, -0.15) is 13.2 Å². The molecular formula is C13H17F3N2O. The maximum absolute atomic E-state index is 11.9. The molecule has 0 heterocycles. The van der Waals surface area contributed by atoms with E-state index in [0.717, 1.165) is 11.1 Å². The van der Waals surface area contributed by atoms with E-state index >= 15 is 0 Å². The third-order valence-electron chi connectivity index (χ3n) is 2.64. The minimum absolute atomic E-state index is 0.235. The highest BCUT2D eigenvalue weighted by molar-refractivity contribution is 5.78. The molecule has 1 rings (SSSR count). The highest BCUT2D eigenvalue weighted by Gasteiger charge is 2.26. The molecule has 1 atom stereocenters. The van der Waals surface area contributed by atoms with Crippen molar-refractivity contribution in [2.24, 2.45) is 0 Å². The van der Waals surface area contributed by atoms with Crippen molar-refractivity contribution in [3.63, 3.8) is 0 Å². The lowest BCUT2D eigenvalue weighted by Gasteiger charge is -2.17. The molecule has 3 nitrogen and oxygen atoms in total. The van der Waals surface area contributed by atoms with Gasteiger partial charge in [-0.3, -0.25) is 4.79 Å². The summed E-state index contributed by atoms with van der Waals surface area (Å²) >= 11 is 0. The normalized spacial score (nSPS) is 13.1. The fourth-order valence-corrected chi connectivity index (χ4v) is 1.76. The van der Waals surface area contributed by atoms with Crippen molar-refractivity contribution >= 4 is 5.91 Å². The number of benzene rings is 1. The number of alkyl halides is 3. The summed E-state index contributed by atoms with van der Waals surface area (Å²) in [6, 6.07) is 7.30. The minimum Gasteiger partial charge on any atom is -0.348 e. The number of halogens is 3. The molecule has 1 amide bonds. The van der Waals surface area contributed by atoms with E-state index in [9.17, 15) is 18.0 Å². The highest BCUT2D eigenvalue weighted by atomic mass is 19.4. The minimum atomic E-state index is -4.30. The Hall–Kier alpha value is -1.56. The number of carbonyl (C=O) groups is 1. The monoisotopic (exact) mass is 274 g/mol. The molecule has 0 saturated heterocycles. The molecule has 0 bridgehead atoms. The Bertz CT molecular complexity index is 432. The van der Waals surface area contributed by atoms with Crippen LogP contribution >= 0.6 is 0 Å². The Morgan fingerprint density at radius 1 is 1.32 bits per heavy atom. The maximum atomic E-state index is 11.9. The lowest BCUT2D eigenvalue weighted by molar-refractivity contribution is -0.128. The van der Waals surface area contributed by atoms with Crippen LogP contribution in [0, 0.1) is 6.92 Å². The van der Waals surface area contributed by atoms with Crippen LogP contribution in [0.25, 0.3) is 0 Å². The van der Waals surface area contributed by atoms with Crippen LogP contribution in [0.15, 0.2) is 24.3 Å². The summed E-state index contributed by atoms with van der Waals surface area (Å²) in [5.41, 5.74) is 1.98. The molecular weight excluding hydrogens is 257 g/mol. The van der Waals surface area contributed by atoms with Crippen LogP contribution in [0.3, 0.4) is 0 Å². The van der Waals surface area contributed by atoms with E-state index in [1.807, 2.05) is 31.2 Å². The van der Waals surface area contributed by atoms with Crippen LogP contribution in [0.4, 0.5) is 13.2 Å². The molecule has 0 aliphatic heterocycles. The van der Waals surface area contributed by atoms with Gasteiger partial charge in [0.25, 0.3) is 0 Å². The molecule has 0 spiro atoms. The fourth-order valence-electron chi connectivity index (χ4n) is 1.76. The van der Waals surface area contributed by atoms with Gasteiger partial charge in [-0.15, -0.1) is 0 Å². The second kappa shape index (κ2) is 6.56. The SMILES string of the molecule is Cc1ccccc1C(C)NC(=O)CNCC(F)(F)F. The smallest absolute Gasteiger partial charge is 0.348 e. The molecule has 0 fully saturated rings. The maximum Gasteiger partial charge on any atom is 0.401 e. The van der Waals surface area contributed by atoms with Crippen molar-refractivity contribution in [3.05, 3.63) is 35.4 Å². The topological polar surface area (TPSA) is 41.1 Å². The Kier molecular flexibility index (Phi) is 5.35. The Morgan fingerprint density at radius 2 is 1.95 bits per heavy atom. The zero-order chi connectivity index (χ0) is 14.5. The van der Waals surface area contributed by atoms with Gasteiger partial charge in [-0.05, 0) is 25.0 Å². The predicted octanol–water partition coefficient (Wildman–Crippen LogP) is 2.32. The number of carbonyl (C=O) groups excluding carboxylic acids is 1. The van der Waals surface area contributed by atoms with Crippen molar-refractivity contribution in [1.82, 2.24) is 10.6 Å². The average molecular weight is 274 g/mol. The van der Waals surface area contributed by atoms with E-state index in [1.165, 1.54) is 0 Å². The molecule has 0 aliphatic carbocycles. The summed E-state index contributed by atoms with van der Waals surface area (Å²) in [5, 5.41) is 4.71. The zero-order valence-corrected chi connectivity index (χ0v) is 10.8. The Labute approximate surface area is 110 Å². The standard InChI is InChI=1S/C13H17F3N2O/c1-9-5-3-4-6-11(9)10(2)18-12(19)7-17-8-13(14,15)16/h3-6,10,17H,7-8H2,1-2H3,(H,18,19). The quantitative estimate of drug-likeness (QED) is 0.865. The van der Waals surface area contributed by atoms with Gasteiger partial charge in [0.15, 0.2) is 0 Å². The number of aryl methyl sites for hydroxylation is 1. The van der Waals surface area contributed by atoms with Gasteiger partial charge in [0.1, 0.15) is 0 Å². The van der Waals surface area contributed by atoms with Gasteiger partial charge >= 0.3 is 6.18 Å². The van der Waals surface area contributed by atoms with Gasteiger partial charge in [-0.1, -0.05) is 24.3 Å². The van der Waals surface area contributed by atoms with Crippen LogP contribution in [-0.2, 0) is 4.79 Å². The third kappa shape index (κ3) is 5.74. The number of nitrogens with one attached hydrogen (secondary N) is 2. The van der Waals surface area contributed by atoms with Gasteiger partial charge in [0.05, 0.1) is 19.1 Å². The van der Waals surface area contributed by atoms with Crippen molar-refractivity contribution in [2.45, 2.75) is 26.1 Å². The molecule has 0 radical (unpaired) electrons. The lowest BCUT2D eigenvalue weighted by Crippen LogP contribution is -2.39. The average Bonchev–Trinajstić information content (AvgIpc) is 2.27. The molecule has 19 heavy (non-hydrogen) atoms. The van der Waals surface area contributed by atoms with E-state index in [0.29, 0.717) is 0 Å². The van der Waals surface area contributed by atoms with Crippen LogP contribution in [0.1, 0.15) is 24.1 Å². The predicted molar refractivity (Wildman–Crippen MR) is 66.7 cm³/mol. The molecule has 1 aromatic carbocycles. The zero-order valence-electron chi connectivity index (χ0n) is 10.8. The van der Waals surface area contributed by atoms with Crippen molar-refractivity contribution < 1.29 is 18.0 Å². The van der Waals surface area contributed by atoms with E-state index in [1.54, 1.807) is 6.92 Å². The summed E-state index contributed by atoms with van der Waals surface area (Å²) in [5.74, 6) is -0.458. The molecule has 1 aromatic rings. The van der Waals surface area contributed by atoms with Gasteiger partial charge in [0, 0.05) is 0 Å². The first-order chi connectivity index (χ1) is 8.79. The summed E-state index contributed by atoms with van der Waals surface area (Å²) in [6.07, 6.45) is -4.30. The third-order valence-corrected chi connectivity index (χ3v) is 2.64. The summed E-state index contributed by atoms with van der Waals surface area (Å²) in [6.45, 7) is 2.19. The number of hydrogen-bond donors (Lipinski definition) is 2. The molecule has 6 heteroatoms.